The topological polar surface area (TPSA) is 65.9 Å². The summed E-state index contributed by atoms with van der Waals surface area (Å²) >= 11 is 0. The number of aliphatic imine (C=N–C) groups is 1. The number of benzene rings is 1. The third-order valence-corrected chi connectivity index (χ3v) is 4.04. The molecule has 0 amide bonds. The lowest BCUT2D eigenvalue weighted by molar-refractivity contribution is 0.120. The van der Waals surface area contributed by atoms with E-state index in [1.54, 1.807) is 12.1 Å². The SMILES string of the molecule is CCNC(=NCC(C)Oc1ccc(F)cc1)NC1CCC(O)CC1. The minimum atomic E-state index is -0.274. The molecular formula is C18H28FN3O2. The van der Waals surface area contributed by atoms with Crippen LogP contribution in [0.1, 0.15) is 39.5 Å². The second kappa shape index (κ2) is 9.47. The number of nitrogens with zero attached hydrogens (tertiary/aromatic N) is 1. The van der Waals surface area contributed by atoms with E-state index in [2.05, 4.69) is 15.6 Å². The van der Waals surface area contributed by atoms with Crippen molar-refractivity contribution >= 4 is 5.96 Å². The Bertz CT molecular complexity index is 514. The molecule has 1 aromatic rings. The van der Waals surface area contributed by atoms with Crippen LogP contribution in [0.5, 0.6) is 5.75 Å². The molecule has 134 valence electrons. The molecule has 6 heteroatoms. The van der Waals surface area contributed by atoms with Gasteiger partial charge in [-0.1, -0.05) is 0 Å². The molecule has 0 radical (unpaired) electrons. The van der Waals surface area contributed by atoms with E-state index in [9.17, 15) is 9.50 Å². The van der Waals surface area contributed by atoms with E-state index in [4.69, 9.17) is 4.74 Å². The first-order chi connectivity index (χ1) is 11.6. The highest BCUT2D eigenvalue weighted by molar-refractivity contribution is 5.80. The molecule has 0 aromatic heterocycles. The summed E-state index contributed by atoms with van der Waals surface area (Å²) in [7, 11) is 0. The Morgan fingerprint density at radius 1 is 1.29 bits per heavy atom. The molecule has 5 nitrogen and oxygen atoms in total. The summed E-state index contributed by atoms with van der Waals surface area (Å²) in [6.45, 7) is 5.25. The van der Waals surface area contributed by atoms with Gasteiger partial charge in [0.2, 0.25) is 0 Å². The minimum Gasteiger partial charge on any atom is -0.489 e. The van der Waals surface area contributed by atoms with E-state index in [0.29, 0.717) is 18.3 Å². The van der Waals surface area contributed by atoms with E-state index >= 15 is 0 Å². The number of ether oxygens (including phenoxy) is 1. The maximum atomic E-state index is 12.9. The predicted octanol–water partition coefficient (Wildman–Crippen LogP) is 2.45. The van der Waals surface area contributed by atoms with Crippen LogP contribution < -0.4 is 15.4 Å². The van der Waals surface area contributed by atoms with Crippen LogP contribution in [0.2, 0.25) is 0 Å². The fraction of sp³-hybridized carbons (Fsp3) is 0.611. The molecule has 24 heavy (non-hydrogen) atoms. The highest BCUT2D eigenvalue weighted by Crippen LogP contribution is 2.18. The lowest BCUT2D eigenvalue weighted by Gasteiger charge is -2.27. The van der Waals surface area contributed by atoms with E-state index in [1.165, 1.54) is 12.1 Å². The van der Waals surface area contributed by atoms with Crippen molar-refractivity contribution in [1.29, 1.82) is 0 Å². The van der Waals surface area contributed by atoms with Crippen molar-refractivity contribution in [1.82, 2.24) is 10.6 Å². The highest BCUT2D eigenvalue weighted by atomic mass is 19.1. The van der Waals surface area contributed by atoms with Crippen molar-refractivity contribution in [3.05, 3.63) is 30.1 Å². The minimum absolute atomic E-state index is 0.112. The molecule has 0 aliphatic heterocycles. The quantitative estimate of drug-likeness (QED) is 0.551. The Morgan fingerprint density at radius 3 is 2.58 bits per heavy atom. The van der Waals surface area contributed by atoms with Crippen LogP contribution in [-0.2, 0) is 0 Å². The molecule has 1 atom stereocenters. The summed E-state index contributed by atoms with van der Waals surface area (Å²) in [6.07, 6.45) is 3.30. The van der Waals surface area contributed by atoms with Gasteiger partial charge in [-0.15, -0.1) is 0 Å². The van der Waals surface area contributed by atoms with Gasteiger partial charge < -0.3 is 20.5 Å². The third kappa shape index (κ3) is 6.35. The summed E-state index contributed by atoms with van der Waals surface area (Å²) in [5.74, 6) is 1.14. The summed E-state index contributed by atoms with van der Waals surface area (Å²) in [5.41, 5.74) is 0. The predicted molar refractivity (Wildman–Crippen MR) is 93.9 cm³/mol. The van der Waals surface area contributed by atoms with Gasteiger partial charge in [0.15, 0.2) is 5.96 Å². The van der Waals surface area contributed by atoms with Crippen LogP contribution in [0.4, 0.5) is 4.39 Å². The number of guanidine groups is 1. The summed E-state index contributed by atoms with van der Waals surface area (Å²) in [5, 5.41) is 16.3. The van der Waals surface area contributed by atoms with Crippen LogP contribution in [0.25, 0.3) is 0 Å². The molecule has 1 saturated carbocycles. The van der Waals surface area contributed by atoms with E-state index in [0.717, 1.165) is 38.2 Å². The molecule has 1 aliphatic rings. The number of nitrogens with one attached hydrogen (secondary N) is 2. The number of halogens is 1. The Kier molecular flexibility index (Phi) is 7.31. The van der Waals surface area contributed by atoms with Crippen LogP contribution in [0, 0.1) is 5.82 Å². The largest absolute Gasteiger partial charge is 0.489 e. The maximum Gasteiger partial charge on any atom is 0.191 e. The molecule has 1 fully saturated rings. The number of hydrogen-bond donors (Lipinski definition) is 3. The van der Waals surface area contributed by atoms with Gasteiger partial charge in [0.25, 0.3) is 0 Å². The lowest BCUT2D eigenvalue weighted by atomic mass is 9.93. The molecule has 2 rings (SSSR count). The Morgan fingerprint density at radius 2 is 1.96 bits per heavy atom. The van der Waals surface area contributed by atoms with Crippen molar-refractivity contribution in [3.8, 4) is 5.75 Å². The lowest BCUT2D eigenvalue weighted by Crippen LogP contribution is -2.45. The second-order valence-corrected chi connectivity index (χ2v) is 6.25. The monoisotopic (exact) mass is 337 g/mol. The molecule has 1 aliphatic carbocycles. The van der Waals surface area contributed by atoms with Gasteiger partial charge in [-0.25, -0.2) is 9.38 Å². The normalized spacial score (nSPS) is 22.8. The van der Waals surface area contributed by atoms with Gasteiger partial charge in [0.05, 0.1) is 12.6 Å². The Hall–Kier alpha value is -1.82. The van der Waals surface area contributed by atoms with Crippen LogP contribution in [-0.4, -0.2) is 42.4 Å². The van der Waals surface area contributed by atoms with Gasteiger partial charge in [0.1, 0.15) is 17.7 Å². The van der Waals surface area contributed by atoms with Crippen LogP contribution in [0.3, 0.4) is 0 Å². The van der Waals surface area contributed by atoms with Crippen molar-refractivity contribution in [2.45, 2.75) is 57.8 Å². The first-order valence-corrected chi connectivity index (χ1v) is 8.72. The van der Waals surface area contributed by atoms with Crippen LogP contribution in [0.15, 0.2) is 29.3 Å². The van der Waals surface area contributed by atoms with Crippen LogP contribution >= 0.6 is 0 Å². The molecule has 1 unspecified atom stereocenters. The average molecular weight is 337 g/mol. The molecular weight excluding hydrogens is 309 g/mol. The Labute approximate surface area is 143 Å². The van der Waals surface area contributed by atoms with Gasteiger partial charge in [-0.3, -0.25) is 0 Å². The summed E-state index contributed by atoms with van der Waals surface area (Å²) in [6, 6.07) is 6.35. The smallest absolute Gasteiger partial charge is 0.191 e. The maximum absolute atomic E-state index is 12.9. The number of hydrogen-bond acceptors (Lipinski definition) is 3. The number of aliphatic hydroxyl groups excluding tert-OH is 1. The fourth-order valence-electron chi connectivity index (χ4n) is 2.74. The fourth-order valence-corrected chi connectivity index (χ4v) is 2.74. The molecule has 0 bridgehead atoms. The first-order valence-electron chi connectivity index (χ1n) is 8.72. The van der Waals surface area contributed by atoms with E-state index in [1.807, 2.05) is 13.8 Å². The van der Waals surface area contributed by atoms with E-state index < -0.39 is 0 Å². The zero-order valence-corrected chi connectivity index (χ0v) is 14.5. The molecule has 1 aromatic carbocycles. The highest BCUT2D eigenvalue weighted by Gasteiger charge is 2.20. The summed E-state index contributed by atoms with van der Waals surface area (Å²) in [4.78, 5) is 4.57. The zero-order chi connectivity index (χ0) is 17.4. The summed E-state index contributed by atoms with van der Waals surface area (Å²) < 4.78 is 18.6. The molecule has 3 N–H and O–H groups in total. The number of rotatable bonds is 6. The van der Waals surface area contributed by atoms with Crippen molar-refractivity contribution < 1.29 is 14.2 Å². The Balaban J connectivity index is 1.83. The molecule has 0 saturated heterocycles. The van der Waals surface area contributed by atoms with Gasteiger partial charge in [-0.2, -0.15) is 0 Å². The van der Waals surface area contributed by atoms with Crippen molar-refractivity contribution in [3.63, 3.8) is 0 Å². The van der Waals surface area contributed by atoms with Gasteiger partial charge in [0, 0.05) is 12.6 Å². The van der Waals surface area contributed by atoms with Crippen molar-refractivity contribution in [2.75, 3.05) is 13.1 Å². The standard InChI is InChI=1S/C18H28FN3O2/c1-3-20-18(22-15-6-8-16(23)9-7-15)21-12-13(2)24-17-10-4-14(19)5-11-17/h4-5,10-11,13,15-16,23H,3,6-9,12H2,1-2H3,(H2,20,21,22). The van der Waals surface area contributed by atoms with E-state index in [-0.39, 0.29) is 18.0 Å². The first kappa shape index (κ1) is 18.5. The van der Waals surface area contributed by atoms with Gasteiger partial charge in [-0.05, 0) is 63.8 Å². The van der Waals surface area contributed by atoms with Crippen molar-refractivity contribution in [2.24, 2.45) is 4.99 Å². The van der Waals surface area contributed by atoms with Gasteiger partial charge >= 0.3 is 0 Å². The average Bonchev–Trinajstić information content (AvgIpc) is 2.57. The zero-order valence-electron chi connectivity index (χ0n) is 14.5. The molecule has 0 heterocycles. The second-order valence-electron chi connectivity index (χ2n) is 6.25. The third-order valence-electron chi connectivity index (χ3n) is 4.04. The number of aliphatic hydroxyl groups is 1. The molecule has 0 spiro atoms.